The van der Waals surface area contributed by atoms with Gasteiger partial charge in [0.2, 0.25) is 33.7 Å². The van der Waals surface area contributed by atoms with Crippen molar-refractivity contribution >= 4 is 45.5 Å². The van der Waals surface area contributed by atoms with E-state index in [2.05, 4.69) is 15.4 Å². The molecule has 1 aromatic carbocycles. The zero-order valence-corrected chi connectivity index (χ0v) is 40.6. The van der Waals surface area contributed by atoms with E-state index in [0.29, 0.717) is 44.2 Å². The third-order valence-electron chi connectivity index (χ3n) is 12.5. The van der Waals surface area contributed by atoms with Gasteiger partial charge in [-0.3, -0.25) is 33.6 Å². The highest BCUT2D eigenvalue weighted by Crippen LogP contribution is 2.31. The number of hydrogen-bond donors (Lipinski definition) is 4. The van der Waals surface area contributed by atoms with Crippen LogP contribution in [0.3, 0.4) is 0 Å². The first-order chi connectivity index (χ1) is 30.0. The van der Waals surface area contributed by atoms with Crippen molar-refractivity contribution in [1.29, 1.82) is 0 Å². The van der Waals surface area contributed by atoms with Crippen molar-refractivity contribution in [2.45, 2.75) is 141 Å². The van der Waals surface area contributed by atoms with Crippen molar-refractivity contribution in [2.75, 3.05) is 48.5 Å². The fourth-order valence-electron chi connectivity index (χ4n) is 8.70. The topological polar surface area (TPSA) is 230 Å². The minimum atomic E-state index is -3.96. The predicted octanol–water partition coefficient (Wildman–Crippen LogP) is 2.43. The number of ether oxygens (including phenoxy) is 3. The smallest absolute Gasteiger partial charge is 0.341 e. The number of carboxylic acid groups (broad SMARTS) is 1. The maximum atomic E-state index is 14.4. The molecule has 3 rings (SSSR count). The van der Waals surface area contributed by atoms with Crippen LogP contribution >= 0.6 is 0 Å². The van der Waals surface area contributed by atoms with Gasteiger partial charge in [0.05, 0.1) is 47.9 Å². The minimum Gasteiger partial charge on any atom is -0.482 e. The lowest BCUT2D eigenvalue weighted by molar-refractivity contribution is -0.148. The standard InChI is InChI=1S/C45H74N6O12S/c1-13-28(6)40(50(10)45(58)38(26(2)3)47-44(57)39(27(4)5)49(8)9)35(61-11)24-36(52)51-22-14-15-34(51)41(62-12)29(7)42(55)46-33(43(56)48-64(59,60)32-20-21-32)23-30-16-18-31(19-17-30)63-25-37(53)54/h16-19,26-29,32-35,38-41H,13-15,20-25H2,1-12H3,(H,46,55)(H,47,57)(H,48,56)(H,53,54). The van der Waals surface area contributed by atoms with Gasteiger partial charge in [-0.25, -0.2) is 13.2 Å². The molecule has 362 valence electrons. The number of amides is 5. The van der Waals surface area contributed by atoms with Crippen LogP contribution in [0, 0.1) is 23.7 Å². The van der Waals surface area contributed by atoms with Crippen molar-refractivity contribution in [3.05, 3.63) is 29.8 Å². The number of hydrogen-bond acceptors (Lipinski definition) is 12. The molecule has 1 saturated heterocycles. The number of carboxylic acids is 1. The van der Waals surface area contributed by atoms with Crippen LogP contribution in [0.4, 0.5) is 0 Å². The predicted molar refractivity (Wildman–Crippen MR) is 240 cm³/mol. The number of rotatable bonds is 26. The molecule has 1 aliphatic heterocycles. The summed E-state index contributed by atoms with van der Waals surface area (Å²) < 4.78 is 44.9. The summed E-state index contributed by atoms with van der Waals surface area (Å²) >= 11 is 0. The number of methoxy groups -OCH3 is 2. The highest BCUT2D eigenvalue weighted by Gasteiger charge is 2.44. The summed E-state index contributed by atoms with van der Waals surface area (Å²) in [6, 6.07) is 2.54. The van der Waals surface area contributed by atoms with Gasteiger partial charge in [0.25, 0.3) is 5.91 Å². The summed E-state index contributed by atoms with van der Waals surface area (Å²) in [5.41, 5.74) is 0.541. The third kappa shape index (κ3) is 14.6. The van der Waals surface area contributed by atoms with Crippen LogP contribution in [0.15, 0.2) is 24.3 Å². The minimum absolute atomic E-state index is 0.00293. The molecule has 0 radical (unpaired) electrons. The van der Waals surface area contributed by atoms with Gasteiger partial charge >= 0.3 is 5.97 Å². The average Bonchev–Trinajstić information content (AvgIpc) is 3.99. The van der Waals surface area contributed by atoms with E-state index in [4.69, 9.17) is 19.3 Å². The van der Waals surface area contributed by atoms with Crippen LogP contribution in [0.1, 0.15) is 92.6 Å². The summed E-state index contributed by atoms with van der Waals surface area (Å²) in [6.45, 7) is 13.1. The first kappa shape index (κ1) is 54.0. The summed E-state index contributed by atoms with van der Waals surface area (Å²) in [7, 11) is 4.34. The first-order valence-corrected chi connectivity index (χ1v) is 23.9. The largest absolute Gasteiger partial charge is 0.482 e. The quantitative estimate of drug-likeness (QED) is 0.105. The van der Waals surface area contributed by atoms with Gasteiger partial charge in [0.15, 0.2) is 6.61 Å². The van der Waals surface area contributed by atoms with Crippen molar-refractivity contribution < 1.29 is 56.5 Å². The molecule has 9 atom stereocenters. The molecular formula is C45H74N6O12S. The molecule has 0 aromatic heterocycles. The Morgan fingerprint density at radius 2 is 1.48 bits per heavy atom. The second-order valence-electron chi connectivity index (χ2n) is 18.3. The number of likely N-dealkylation sites (tertiary alicyclic amines) is 1. The summed E-state index contributed by atoms with van der Waals surface area (Å²) in [5.74, 6) is -4.42. The van der Waals surface area contributed by atoms with E-state index in [9.17, 15) is 37.2 Å². The Morgan fingerprint density at radius 1 is 0.859 bits per heavy atom. The average molecular weight is 923 g/mol. The van der Waals surface area contributed by atoms with E-state index < -0.39 is 88.0 Å². The molecule has 4 N–H and O–H groups in total. The van der Waals surface area contributed by atoms with Crippen LogP contribution in [0.5, 0.6) is 5.75 Å². The Kier molecular flexibility index (Phi) is 20.5. The van der Waals surface area contributed by atoms with Crippen LogP contribution in [-0.2, 0) is 54.7 Å². The molecule has 1 heterocycles. The van der Waals surface area contributed by atoms with E-state index in [-0.39, 0.29) is 54.1 Å². The van der Waals surface area contributed by atoms with Crippen LogP contribution in [0.2, 0.25) is 0 Å². The Balaban J connectivity index is 1.82. The van der Waals surface area contributed by atoms with Crippen LogP contribution in [-0.4, -0.2) is 160 Å². The van der Waals surface area contributed by atoms with Crippen molar-refractivity contribution in [2.24, 2.45) is 23.7 Å². The van der Waals surface area contributed by atoms with Gasteiger partial charge < -0.3 is 39.8 Å². The highest BCUT2D eigenvalue weighted by atomic mass is 32.2. The second kappa shape index (κ2) is 24.3. The van der Waals surface area contributed by atoms with Gasteiger partial charge in [-0.1, -0.05) is 67.0 Å². The van der Waals surface area contributed by atoms with E-state index in [1.54, 1.807) is 35.9 Å². The molecule has 2 aliphatic rings. The summed E-state index contributed by atoms with van der Waals surface area (Å²) in [6.07, 6.45) is 0.952. The fraction of sp³-hybridized carbons (Fsp3) is 0.733. The number of carbonyl (C=O) groups is 6. The summed E-state index contributed by atoms with van der Waals surface area (Å²) in [4.78, 5) is 85.8. The number of sulfonamides is 1. The monoisotopic (exact) mass is 923 g/mol. The Labute approximate surface area is 379 Å². The molecule has 19 heteroatoms. The molecule has 0 bridgehead atoms. The molecule has 64 heavy (non-hydrogen) atoms. The molecule has 1 aromatic rings. The second-order valence-corrected chi connectivity index (χ2v) is 20.2. The lowest BCUT2D eigenvalue weighted by Gasteiger charge is -2.41. The van der Waals surface area contributed by atoms with Crippen LogP contribution in [0.25, 0.3) is 0 Å². The van der Waals surface area contributed by atoms with Gasteiger partial charge in [0, 0.05) is 34.2 Å². The fourth-order valence-corrected chi connectivity index (χ4v) is 10.0. The number of carbonyl (C=O) groups excluding carboxylic acids is 5. The van der Waals surface area contributed by atoms with Gasteiger partial charge in [-0.05, 0) is 75.2 Å². The lowest BCUT2D eigenvalue weighted by Crippen LogP contribution is -2.59. The van der Waals surface area contributed by atoms with Crippen molar-refractivity contribution in [3.8, 4) is 5.75 Å². The van der Waals surface area contributed by atoms with Crippen LogP contribution < -0.4 is 20.1 Å². The SMILES string of the molecule is CCC(C)C(C(CC(=O)N1CCCC1C(OC)C(C)C(=O)NC(Cc1ccc(OCC(=O)O)cc1)C(=O)NS(=O)(=O)C1CC1)OC)N(C)C(=O)C(NC(=O)C(C(C)C)N(C)C)C(C)C. The van der Waals surface area contributed by atoms with E-state index >= 15 is 0 Å². The molecule has 18 nitrogen and oxygen atoms in total. The van der Waals surface area contributed by atoms with E-state index in [1.807, 2.05) is 60.5 Å². The first-order valence-electron chi connectivity index (χ1n) is 22.4. The van der Waals surface area contributed by atoms with Gasteiger partial charge in [-0.15, -0.1) is 0 Å². The molecule has 0 spiro atoms. The molecular weight excluding hydrogens is 849 g/mol. The summed E-state index contributed by atoms with van der Waals surface area (Å²) in [5, 5.41) is 14.0. The molecule has 1 saturated carbocycles. The number of aliphatic carboxylic acids is 1. The zero-order chi connectivity index (χ0) is 48.2. The Hall–Kier alpha value is -4.33. The maximum absolute atomic E-state index is 14.4. The van der Waals surface area contributed by atoms with E-state index in [1.165, 1.54) is 26.4 Å². The number of nitrogens with zero attached hydrogens (tertiary/aromatic N) is 3. The lowest BCUT2D eigenvalue weighted by atomic mass is 9.89. The molecule has 5 amide bonds. The third-order valence-corrected chi connectivity index (χ3v) is 14.3. The normalized spacial score (nSPS) is 19.2. The van der Waals surface area contributed by atoms with Crippen molar-refractivity contribution in [1.82, 2.24) is 30.1 Å². The maximum Gasteiger partial charge on any atom is 0.341 e. The zero-order valence-electron chi connectivity index (χ0n) is 39.8. The Bertz CT molecular complexity index is 1850. The molecule has 1 aliphatic carbocycles. The highest BCUT2D eigenvalue weighted by molar-refractivity contribution is 7.90. The molecule has 9 unspecified atom stereocenters. The number of benzene rings is 1. The van der Waals surface area contributed by atoms with Gasteiger partial charge in [-0.2, -0.15) is 0 Å². The van der Waals surface area contributed by atoms with Crippen molar-refractivity contribution in [3.63, 3.8) is 0 Å². The Morgan fingerprint density at radius 3 is 1.98 bits per heavy atom. The van der Waals surface area contributed by atoms with Gasteiger partial charge in [0.1, 0.15) is 17.8 Å². The number of likely N-dealkylation sites (N-methyl/N-ethyl adjacent to an activating group) is 2. The molecule has 2 fully saturated rings. The number of nitrogens with one attached hydrogen (secondary N) is 3. The van der Waals surface area contributed by atoms with E-state index in [0.717, 1.165) is 0 Å².